The molecule has 0 atom stereocenters. The number of aromatic amines is 1. The minimum Gasteiger partial charge on any atom is -0.464 e. The number of rotatable bonds is 3. The molecule has 2 aromatic carbocycles. The van der Waals surface area contributed by atoms with Crippen LogP contribution >= 0.6 is 0 Å². The molecule has 1 aliphatic rings. The second-order valence-corrected chi connectivity index (χ2v) is 8.16. The van der Waals surface area contributed by atoms with E-state index in [4.69, 9.17) is 4.42 Å². The Hall–Kier alpha value is -3.53. The lowest BCUT2D eigenvalue weighted by Gasteiger charge is -2.23. The molecule has 4 heteroatoms. The summed E-state index contributed by atoms with van der Waals surface area (Å²) < 4.78 is 8.20. The van der Waals surface area contributed by atoms with E-state index >= 15 is 0 Å². The first-order valence-electron chi connectivity index (χ1n) is 10.5. The van der Waals surface area contributed by atoms with Gasteiger partial charge in [0, 0.05) is 76.0 Å². The second kappa shape index (κ2) is 6.77. The number of H-pyrrole nitrogens is 1. The van der Waals surface area contributed by atoms with Crippen molar-refractivity contribution in [2.24, 2.45) is 0 Å². The van der Waals surface area contributed by atoms with Crippen molar-refractivity contribution in [3.05, 3.63) is 73.4 Å². The lowest BCUT2D eigenvalue weighted by Crippen LogP contribution is -2.17. The van der Waals surface area contributed by atoms with Gasteiger partial charge in [-0.05, 0) is 25.0 Å². The van der Waals surface area contributed by atoms with Crippen molar-refractivity contribution in [2.45, 2.75) is 31.7 Å². The molecule has 0 radical (unpaired) electrons. The highest BCUT2D eigenvalue weighted by molar-refractivity contribution is 6.03. The van der Waals surface area contributed by atoms with E-state index in [0.717, 1.165) is 34.9 Å². The van der Waals surface area contributed by atoms with E-state index in [9.17, 15) is 4.79 Å². The standard InChI is InChI=1S/C26H22N2O2/c29-19-10-8-18(9-11-19)28-16-24(20-5-1-2-7-25(20)28)23-15-27-14-22(23)21-6-3-4-17-12-13-30-26(17)21/h1-7,12-16,18,27H,8-11H2. The van der Waals surface area contributed by atoms with Gasteiger partial charge in [-0.3, -0.25) is 4.79 Å². The van der Waals surface area contributed by atoms with E-state index in [1.165, 1.54) is 22.0 Å². The van der Waals surface area contributed by atoms with E-state index in [1.54, 1.807) is 6.26 Å². The number of furan rings is 1. The van der Waals surface area contributed by atoms with Crippen LogP contribution in [0.5, 0.6) is 0 Å². The van der Waals surface area contributed by atoms with Crippen molar-refractivity contribution in [2.75, 3.05) is 0 Å². The number of nitrogens with zero attached hydrogens (tertiary/aromatic N) is 1. The fourth-order valence-electron chi connectivity index (χ4n) is 4.94. The Labute approximate surface area is 174 Å². The van der Waals surface area contributed by atoms with Crippen LogP contribution in [-0.4, -0.2) is 15.3 Å². The van der Waals surface area contributed by atoms with Crippen LogP contribution in [0.3, 0.4) is 0 Å². The number of Topliss-reactive ketones (excluding diaryl/α,β-unsaturated/α-hetero) is 1. The molecule has 0 unspecified atom stereocenters. The van der Waals surface area contributed by atoms with Crippen molar-refractivity contribution in [1.82, 2.24) is 9.55 Å². The predicted octanol–water partition coefficient (Wildman–Crippen LogP) is 6.73. The van der Waals surface area contributed by atoms with E-state index < -0.39 is 0 Å². The number of carbonyl (C=O) groups excluding carboxylic acids is 1. The first kappa shape index (κ1) is 17.3. The predicted molar refractivity (Wildman–Crippen MR) is 119 cm³/mol. The lowest BCUT2D eigenvalue weighted by atomic mass is 9.94. The Morgan fingerprint density at radius 3 is 2.53 bits per heavy atom. The Morgan fingerprint density at radius 2 is 1.67 bits per heavy atom. The first-order chi connectivity index (χ1) is 14.8. The molecule has 1 saturated carbocycles. The van der Waals surface area contributed by atoms with Gasteiger partial charge in [-0.25, -0.2) is 0 Å². The number of aromatic nitrogens is 2. The molecule has 3 heterocycles. The molecule has 30 heavy (non-hydrogen) atoms. The van der Waals surface area contributed by atoms with Crippen LogP contribution in [0.2, 0.25) is 0 Å². The molecule has 0 spiro atoms. The fourth-order valence-corrected chi connectivity index (χ4v) is 4.94. The molecule has 5 aromatic rings. The van der Waals surface area contributed by atoms with E-state index in [1.807, 2.05) is 6.07 Å². The summed E-state index contributed by atoms with van der Waals surface area (Å²) in [5, 5.41) is 2.34. The molecule has 6 rings (SSSR count). The summed E-state index contributed by atoms with van der Waals surface area (Å²) in [5.74, 6) is 0.391. The highest BCUT2D eigenvalue weighted by atomic mass is 16.3. The maximum Gasteiger partial charge on any atom is 0.141 e. The average Bonchev–Trinajstić information content (AvgIpc) is 3.52. The fraction of sp³-hybridized carbons (Fsp3) is 0.192. The molecule has 0 amide bonds. The van der Waals surface area contributed by atoms with Crippen molar-refractivity contribution >= 4 is 27.7 Å². The molecule has 1 N–H and O–H groups in total. The van der Waals surface area contributed by atoms with Gasteiger partial charge in [0.1, 0.15) is 11.4 Å². The lowest BCUT2D eigenvalue weighted by molar-refractivity contribution is -0.120. The summed E-state index contributed by atoms with van der Waals surface area (Å²) in [6, 6.07) is 17.2. The van der Waals surface area contributed by atoms with Gasteiger partial charge >= 0.3 is 0 Å². The number of ketones is 1. The number of carbonyl (C=O) groups is 1. The van der Waals surface area contributed by atoms with Crippen LogP contribution in [0.25, 0.3) is 44.1 Å². The van der Waals surface area contributed by atoms with Gasteiger partial charge in [0.25, 0.3) is 0 Å². The van der Waals surface area contributed by atoms with Gasteiger partial charge in [0.2, 0.25) is 0 Å². The molecule has 4 nitrogen and oxygen atoms in total. The van der Waals surface area contributed by atoms with Crippen molar-refractivity contribution in [3.63, 3.8) is 0 Å². The Kier molecular flexibility index (Phi) is 3.91. The number of hydrogen-bond donors (Lipinski definition) is 1. The third-order valence-electron chi connectivity index (χ3n) is 6.45. The summed E-state index contributed by atoms with van der Waals surface area (Å²) in [6.07, 6.45) is 11.4. The van der Waals surface area contributed by atoms with Gasteiger partial charge in [-0.15, -0.1) is 0 Å². The highest BCUT2D eigenvalue weighted by Crippen LogP contribution is 2.41. The van der Waals surface area contributed by atoms with Gasteiger partial charge < -0.3 is 14.0 Å². The van der Waals surface area contributed by atoms with E-state index in [0.29, 0.717) is 24.7 Å². The summed E-state index contributed by atoms with van der Waals surface area (Å²) in [7, 11) is 0. The topological polar surface area (TPSA) is 50.9 Å². The van der Waals surface area contributed by atoms with Gasteiger partial charge in [-0.2, -0.15) is 0 Å². The van der Waals surface area contributed by atoms with E-state index in [-0.39, 0.29) is 0 Å². The number of nitrogens with one attached hydrogen (secondary N) is 1. The van der Waals surface area contributed by atoms with Crippen LogP contribution in [0.4, 0.5) is 0 Å². The number of fused-ring (bicyclic) bond motifs is 2. The SMILES string of the molecule is O=C1CCC(n2cc(-c3c[nH]cc3-c3cccc4ccoc34)c3ccccc32)CC1. The van der Waals surface area contributed by atoms with Crippen LogP contribution < -0.4 is 0 Å². The quantitative estimate of drug-likeness (QED) is 0.369. The van der Waals surface area contributed by atoms with Crippen molar-refractivity contribution < 1.29 is 9.21 Å². The number of benzene rings is 2. The van der Waals surface area contributed by atoms with Gasteiger partial charge in [0.05, 0.1) is 6.26 Å². The molecule has 0 aliphatic heterocycles. The molecule has 3 aromatic heterocycles. The van der Waals surface area contributed by atoms with E-state index in [2.05, 4.69) is 70.6 Å². The largest absolute Gasteiger partial charge is 0.464 e. The molecule has 0 saturated heterocycles. The molecule has 1 fully saturated rings. The van der Waals surface area contributed by atoms with Crippen LogP contribution in [-0.2, 0) is 4.79 Å². The van der Waals surface area contributed by atoms with Crippen molar-refractivity contribution in [3.8, 4) is 22.3 Å². The first-order valence-corrected chi connectivity index (χ1v) is 10.5. The zero-order valence-corrected chi connectivity index (χ0v) is 16.6. The average molecular weight is 394 g/mol. The third kappa shape index (κ3) is 2.64. The maximum atomic E-state index is 11.8. The summed E-state index contributed by atoms with van der Waals surface area (Å²) in [6.45, 7) is 0. The van der Waals surface area contributed by atoms with Crippen molar-refractivity contribution in [1.29, 1.82) is 0 Å². The molecule has 148 valence electrons. The summed E-state index contributed by atoms with van der Waals surface area (Å²) in [4.78, 5) is 15.1. The van der Waals surface area contributed by atoms with Crippen LogP contribution in [0.15, 0.2) is 77.8 Å². The Bertz CT molecular complexity index is 1370. The normalized spacial score (nSPS) is 15.4. The Balaban J connectivity index is 1.53. The molecule has 0 bridgehead atoms. The molecular weight excluding hydrogens is 372 g/mol. The minimum atomic E-state index is 0.372. The third-order valence-corrected chi connectivity index (χ3v) is 6.45. The van der Waals surface area contributed by atoms with Gasteiger partial charge in [-0.1, -0.05) is 36.4 Å². The summed E-state index contributed by atoms with van der Waals surface area (Å²) >= 11 is 0. The zero-order valence-electron chi connectivity index (χ0n) is 16.6. The smallest absolute Gasteiger partial charge is 0.141 e. The molecular formula is C26H22N2O2. The Morgan fingerprint density at radius 1 is 0.867 bits per heavy atom. The monoisotopic (exact) mass is 394 g/mol. The highest BCUT2D eigenvalue weighted by Gasteiger charge is 2.24. The number of hydrogen-bond acceptors (Lipinski definition) is 2. The molecule has 1 aliphatic carbocycles. The van der Waals surface area contributed by atoms with Crippen LogP contribution in [0.1, 0.15) is 31.7 Å². The zero-order chi connectivity index (χ0) is 20.1. The minimum absolute atomic E-state index is 0.372. The van der Waals surface area contributed by atoms with Gasteiger partial charge in [0.15, 0.2) is 0 Å². The number of para-hydroxylation sites is 2. The summed E-state index contributed by atoms with van der Waals surface area (Å²) in [5.41, 5.74) is 6.75. The maximum absolute atomic E-state index is 11.8. The second-order valence-electron chi connectivity index (χ2n) is 8.16. The van der Waals surface area contributed by atoms with Crippen LogP contribution in [0, 0.1) is 0 Å².